The van der Waals surface area contributed by atoms with E-state index < -0.39 is 0 Å². The van der Waals surface area contributed by atoms with E-state index in [0.29, 0.717) is 0 Å². The van der Waals surface area contributed by atoms with Crippen LogP contribution in [-0.2, 0) is 6.54 Å². The standard InChI is InChI=1S/C29H27N7S/c1-2-5-18(4-1)13-30-14-19-10-20(16-31-15-19)24-11-22-26(17-33-24)35-36-28(22)25-12-21-23(34-25)7-8-32-29(21)27-6-3-9-37-27/h3,6-12,15-18,30,34H,1-2,4-5,13-14H2,(H,35,36). The maximum Gasteiger partial charge on any atom is 0.116 e. The Bertz CT molecular complexity index is 1680. The van der Waals surface area contributed by atoms with Gasteiger partial charge in [0.05, 0.1) is 33.7 Å². The molecule has 0 aliphatic heterocycles. The summed E-state index contributed by atoms with van der Waals surface area (Å²) in [4.78, 5) is 18.6. The topological polar surface area (TPSA) is 95.2 Å². The summed E-state index contributed by atoms with van der Waals surface area (Å²) in [5, 5.41) is 15.6. The maximum atomic E-state index is 4.71. The van der Waals surface area contributed by atoms with Gasteiger partial charge in [-0.1, -0.05) is 18.9 Å². The van der Waals surface area contributed by atoms with Crippen LogP contribution in [0.5, 0.6) is 0 Å². The molecule has 0 amide bonds. The molecule has 6 aromatic heterocycles. The zero-order chi connectivity index (χ0) is 24.6. The molecule has 1 fully saturated rings. The number of rotatable bonds is 7. The van der Waals surface area contributed by atoms with Gasteiger partial charge in [-0.2, -0.15) is 5.10 Å². The normalized spacial score (nSPS) is 14.3. The summed E-state index contributed by atoms with van der Waals surface area (Å²) in [6.07, 6.45) is 13.0. The van der Waals surface area contributed by atoms with Crippen LogP contribution >= 0.6 is 11.3 Å². The Morgan fingerprint density at radius 1 is 0.946 bits per heavy atom. The smallest absolute Gasteiger partial charge is 0.116 e. The van der Waals surface area contributed by atoms with E-state index >= 15 is 0 Å². The second kappa shape index (κ2) is 9.53. The molecular weight excluding hydrogens is 478 g/mol. The van der Waals surface area contributed by atoms with E-state index in [2.05, 4.69) is 66.2 Å². The minimum Gasteiger partial charge on any atom is -0.353 e. The Kier molecular flexibility index (Phi) is 5.75. The molecule has 0 radical (unpaired) electrons. The van der Waals surface area contributed by atoms with Crippen molar-refractivity contribution < 1.29 is 0 Å². The highest BCUT2D eigenvalue weighted by atomic mass is 32.1. The highest BCUT2D eigenvalue weighted by Gasteiger charge is 2.16. The van der Waals surface area contributed by atoms with E-state index in [0.717, 1.165) is 74.0 Å². The molecule has 0 spiro atoms. The van der Waals surface area contributed by atoms with Crippen LogP contribution in [-0.4, -0.2) is 36.7 Å². The minimum atomic E-state index is 0.821. The van der Waals surface area contributed by atoms with Crippen molar-refractivity contribution in [1.82, 2.24) is 35.5 Å². The van der Waals surface area contributed by atoms with Crippen molar-refractivity contribution in [1.29, 1.82) is 0 Å². The summed E-state index contributed by atoms with van der Waals surface area (Å²) in [7, 11) is 0. The molecule has 3 N–H and O–H groups in total. The van der Waals surface area contributed by atoms with Crippen LogP contribution in [0.1, 0.15) is 31.2 Å². The van der Waals surface area contributed by atoms with E-state index in [-0.39, 0.29) is 0 Å². The number of nitrogens with one attached hydrogen (secondary N) is 3. The quantitative estimate of drug-likeness (QED) is 0.228. The number of pyridine rings is 3. The average Bonchev–Trinajstić information content (AvgIpc) is 3.74. The molecule has 0 atom stereocenters. The monoisotopic (exact) mass is 505 g/mol. The molecule has 184 valence electrons. The van der Waals surface area contributed by atoms with Gasteiger partial charge in [0.15, 0.2) is 0 Å². The van der Waals surface area contributed by atoms with Crippen LogP contribution in [0.15, 0.2) is 66.6 Å². The Balaban J connectivity index is 1.20. The van der Waals surface area contributed by atoms with Gasteiger partial charge in [0.1, 0.15) is 5.69 Å². The number of hydrogen-bond acceptors (Lipinski definition) is 6. The molecule has 0 unspecified atom stereocenters. The Morgan fingerprint density at radius 3 is 2.76 bits per heavy atom. The molecule has 7 nitrogen and oxygen atoms in total. The van der Waals surface area contributed by atoms with Gasteiger partial charge in [-0.15, -0.1) is 11.3 Å². The van der Waals surface area contributed by atoms with Gasteiger partial charge < -0.3 is 10.3 Å². The van der Waals surface area contributed by atoms with Crippen molar-refractivity contribution >= 4 is 33.1 Å². The molecular formula is C29H27N7S. The number of nitrogens with zero attached hydrogens (tertiary/aromatic N) is 4. The van der Waals surface area contributed by atoms with Crippen LogP contribution in [0.4, 0.5) is 0 Å². The summed E-state index contributed by atoms with van der Waals surface area (Å²) in [5.41, 5.74) is 7.82. The van der Waals surface area contributed by atoms with Gasteiger partial charge in [0, 0.05) is 47.0 Å². The molecule has 0 saturated heterocycles. The number of H-pyrrole nitrogens is 2. The minimum absolute atomic E-state index is 0.821. The first-order valence-electron chi connectivity index (χ1n) is 12.8. The third-order valence-corrected chi connectivity index (χ3v) is 8.21. The van der Waals surface area contributed by atoms with Gasteiger partial charge in [-0.25, -0.2) is 0 Å². The fourth-order valence-corrected chi connectivity index (χ4v) is 6.17. The molecule has 1 aliphatic rings. The van der Waals surface area contributed by atoms with Gasteiger partial charge in [0.25, 0.3) is 0 Å². The van der Waals surface area contributed by atoms with Crippen molar-refractivity contribution in [3.05, 3.63) is 72.1 Å². The van der Waals surface area contributed by atoms with Crippen LogP contribution < -0.4 is 5.32 Å². The van der Waals surface area contributed by atoms with Gasteiger partial charge in [-0.3, -0.25) is 20.1 Å². The molecule has 0 aromatic carbocycles. The molecule has 6 aromatic rings. The van der Waals surface area contributed by atoms with Crippen molar-refractivity contribution in [3.8, 4) is 33.2 Å². The highest BCUT2D eigenvalue weighted by Crippen LogP contribution is 2.35. The number of fused-ring (bicyclic) bond motifs is 2. The second-order valence-corrected chi connectivity index (χ2v) is 10.8. The molecule has 37 heavy (non-hydrogen) atoms. The average molecular weight is 506 g/mol. The second-order valence-electron chi connectivity index (χ2n) is 9.83. The van der Waals surface area contributed by atoms with Gasteiger partial charge in [0.2, 0.25) is 0 Å². The first-order chi connectivity index (χ1) is 18.3. The van der Waals surface area contributed by atoms with E-state index in [1.165, 1.54) is 31.2 Å². The van der Waals surface area contributed by atoms with E-state index in [1.807, 2.05) is 30.9 Å². The van der Waals surface area contributed by atoms with Gasteiger partial charge >= 0.3 is 0 Å². The van der Waals surface area contributed by atoms with E-state index in [4.69, 9.17) is 4.98 Å². The predicted octanol–water partition coefficient (Wildman–Crippen LogP) is 6.57. The largest absolute Gasteiger partial charge is 0.353 e. The molecule has 1 aliphatic carbocycles. The number of thiophene rings is 1. The van der Waals surface area contributed by atoms with Crippen molar-refractivity contribution in [3.63, 3.8) is 0 Å². The highest BCUT2D eigenvalue weighted by molar-refractivity contribution is 7.13. The fraction of sp³-hybridized carbons (Fsp3) is 0.241. The molecule has 8 heteroatoms. The van der Waals surface area contributed by atoms with Crippen LogP contribution in [0, 0.1) is 5.92 Å². The number of hydrogen-bond donors (Lipinski definition) is 3. The van der Waals surface area contributed by atoms with Crippen molar-refractivity contribution in [2.75, 3.05) is 6.54 Å². The predicted molar refractivity (Wildman–Crippen MR) is 149 cm³/mol. The summed E-state index contributed by atoms with van der Waals surface area (Å²) in [6, 6.07) is 12.6. The zero-order valence-corrected chi connectivity index (χ0v) is 21.2. The molecule has 6 heterocycles. The first kappa shape index (κ1) is 22.3. The summed E-state index contributed by atoms with van der Waals surface area (Å²) in [5.74, 6) is 0.821. The van der Waals surface area contributed by atoms with Gasteiger partial charge in [-0.05, 0) is 66.6 Å². The van der Waals surface area contributed by atoms with Crippen LogP contribution in [0.3, 0.4) is 0 Å². The summed E-state index contributed by atoms with van der Waals surface area (Å²) in [6.45, 7) is 1.91. The zero-order valence-electron chi connectivity index (χ0n) is 20.4. The van der Waals surface area contributed by atoms with E-state index in [9.17, 15) is 0 Å². The number of aromatic amines is 2. The molecule has 0 bridgehead atoms. The Hall–Kier alpha value is -3.88. The lowest BCUT2D eigenvalue weighted by molar-refractivity contribution is 0.489. The SMILES string of the molecule is c1csc(-c2nccc3[nH]c(-c4n[nH]c5cnc(-c6cncc(CNCC7CCCC7)c6)cc45)cc23)c1. The first-order valence-corrected chi connectivity index (χ1v) is 13.7. The lowest BCUT2D eigenvalue weighted by Crippen LogP contribution is -2.20. The maximum absolute atomic E-state index is 4.71. The Labute approximate surface area is 218 Å². The lowest BCUT2D eigenvalue weighted by Gasteiger charge is -2.11. The van der Waals surface area contributed by atoms with Crippen molar-refractivity contribution in [2.45, 2.75) is 32.2 Å². The van der Waals surface area contributed by atoms with Crippen LogP contribution in [0.25, 0.3) is 55.0 Å². The Morgan fingerprint density at radius 2 is 1.86 bits per heavy atom. The number of aromatic nitrogens is 6. The van der Waals surface area contributed by atoms with E-state index in [1.54, 1.807) is 11.3 Å². The summed E-state index contributed by atoms with van der Waals surface area (Å²) >= 11 is 1.70. The summed E-state index contributed by atoms with van der Waals surface area (Å²) < 4.78 is 0. The third-order valence-electron chi connectivity index (χ3n) is 7.33. The molecule has 1 saturated carbocycles. The fourth-order valence-electron chi connectivity index (χ4n) is 5.43. The third kappa shape index (κ3) is 4.32. The lowest BCUT2D eigenvalue weighted by atomic mass is 10.1. The van der Waals surface area contributed by atoms with Crippen LogP contribution in [0.2, 0.25) is 0 Å². The molecule has 7 rings (SSSR count). The van der Waals surface area contributed by atoms with Crippen molar-refractivity contribution in [2.24, 2.45) is 5.92 Å².